The summed E-state index contributed by atoms with van der Waals surface area (Å²) in [6, 6.07) is 0. The second-order valence-corrected chi connectivity index (χ2v) is 5.89. The molecule has 0 atom stereocenters. The Morgan fingerprint density at radius 2 is 1.88 bits per heavy atom. The number of nitrogens with two attached hydrogens (primary N) is 1. The van der Waals surface area contributed by atoms with E-state index in [0.29, 0.717) is 6.54 Å². The summed E-state index contributed by atoms with van der Waals surface area (Å²) in [4.78, 5) is 12.0. The minimum absolute atomic E-state index is 0.202. The van der Waals surface area contributed by atoms with Crippen LogP contribution in [0.3, 0.4) is 0 Å². The molecule has 0 heterocycles. The molecule has 0 radical (unpaired) electrons. The van der Waals surface area contributed by atoms with Crippen molar-refractivity contribution >= 4 is 5.91 Å². The lowest BCUT2D eigenvalue weighted by atomic mass is 9.68. The summed E-state index contributed by atoms with van der Waals surface area (Å²) < 4.78 is 0. The Kier molecular flexibility index (Phi) is 4.43. The molecule has 2 saturated carbocycles. The maximum atomic E-state index is 12.0. The van der Waals surface area contributed by atoms with Gasteiger partial charge in [-0.15, -0.1) is 0 Å². The first-order valence-electron chi connectivity index (χ1n) is 7.25. The zero-order valence-corrected chi connectivity index (χ0v) is 10.8. The highest BCUT2D eigenvalue weighted by Crippen LogP contribution is 2.40. The number of nitrogens with one attached hydrogen (secondary N) is 1. The van der Waals surface area contributed by atoms with E-state index in [-0.39, 0.29) is 11.3 Å². The van der Waals surface area contributed by atoms with Crippen molar-refractivity contribution < 1.29 is 4.79 Å². The molecule has 17 heavy (non-hydrogen) atoms. The molecule has 0 spiro atoms. The second kappa shape index (κ2) is 5.85. The Bertz CT molecular complexity index is 249. The highest BCUT2D eigenvalue weighted by molar-refractivity contribution is 5.83. The minimum Gasteiger partial charge on any atom is -0.356 e. The van der Waals surface area contributed by atoms with Gasteiger partial charge in [-0.05, 0) is 25.2 Å². The van der Waals surface area contributed by atoms with E-state index in [1.165, 1.54) is 32.1 Å². The fraction of sp³-hybridized carbons (Fsp3) is 0.929. The van der Waals surface area contributed by atoms with Gasteiger partial charge in [0.25, 0.3) is 0 Å². The predicted molar refractivity (Wildman–Crippen MR) is 69.5 cm³/mol. The number of carbonyl (C=O) groups is 1. The molecule has 0 unspecified atom stereocenters. The Morgan fingerprint density at radius 3 is 2.41 bits per heavy atom. The van der Waals surface area contributed by atoms with Crippen LogP contribution in [0, 0.1) is 11.3 Å². The summed E-state index contributed by atoms with van der Waals surface area (Å²) in [5, 5.41) is 3.10. The van der Waals surface area contributed by atoms with Crippen LogP contribution in [-0.2, 0) is 4.79 Å². The topological polar surface area (TPSA) is 55.1 Å². The summed E-state index contributed by atoms with van der Waals surface area (Å²) in [7, 11) is 0. The number of rotatable bonds is 5. The molecule has 3 N–H and O–H groups in total. The van der Waals surface area contributed by atoms with Crippen LogP contribution in [0.1, 0.15) is 57.8 Å². The van der Waals surface area contributed by atoms with Gasteiger partial charge in [-0.25, -0.2) is 0 Å². The van der Waals surface area contributed by atoms with Crippen LogP contribution >= 0.6 is 0 Å². The normalized spacial score (nSPS) is 24.1. The van der Waals surface area contributed by atoms with Crippen molar-refractivity contribution in [3.63, 3.8) is 0 Å². The van der Waals surface area contributed by atoms with Gasteiger partial charge in [0, 0.05) is 13.1 Å². The van der Waals surface area contributed by atoms with Gasteiger partial charge in [-0.1, -0.05) is 38.5 Å². The summed E-state index contributed by atoms with van der Waals surface area (Å²) in [6.07, 6.45) is 11.2. The van der Waals surface area contributed by atoms with E-state index in [9.17, 15) is 4.79 Å². The first-order valence-corrected chi connectivity index (χ1v) is 7.25. The number of carbonyl (C=O) groups excluding carboxylic acids is 1. The molecular formula is C14H26N2O. The van der Waals surface area contributed by atoms with Gasteiger partial charge in [-0.3, -0.25) is 4.79 Å². The second-order valence-electron chi connectivity index (χ2n) is 5.89. The molecule has 3 heteroatoms. The first kappa shape index (κ1) is 12.9. The van der Waals surface area contributed by atoms with Crippen molar-refractivity contribution in [2.45, 2.75) is 57.8 Å². The van der Waals surface area contributed by atoms with E-state index in [4.69, 9.17) is 5.73 Å². The van der Waals surface area contributed by atoms with Crippen LogP contribution in [0.5, 0.6) is 0 Å². The molecule has 2 aliphatic rings. The molecule has 0 aromatic carbocycles. The molecule has 0 aromatic heterocycles. The summed E-state index contributed by atoms with van der Waals surface area (Å²) in [5.41, 5.74) is 5.52. The Labute approximate surface area is 105 Å². The number of amides is 1. The minimum atomic E-state index is -0.202. The lowest BCUT2D eigenvalue weighted by molar-refractivity contribution is -0.135. The smallest absolute Gasteiger partial charge is 0.227 e. The quantitative estimate of drug-likeness (QED) is 0.771. The molecule has 2 fully saturated rings. The average Bonchev–Trinajstić information content (AvgIpc) is 2.30. The molecular weight excluding hydrogens is 212 g/mol. The van der Waals surface area contributed by atoms with Gasteiger partial charge in [0.05, 0.1) is 5.41 Å². The molecule has 0 bridgehead atoms. The van der Waals surface area contributed by atoms with E-state index < -0.39 is 0 Å². The monoisotopic (exact) mass is 238 g/mol. The fourth-order valence-electron chi connectivity index (χ4n) is 3.18. The number of hydrogen-bond acceptors (Lipinski definition) is 2. The van der Waals surface area contributed by atoms with Crippen LogP contribution in [0.25, 0.3) is 0 Å². The average molecular weight is 238 g/mol. The molecule has 2 rings (SSSR count). The summed E-state index contributed by atoms with van der Waals surface area (Å²) in [6.45, 7) is 1.37. The zero-order chi connectivity index (χ0) is 12.1. The summed E-state index contributed by atoms with van der Waals surface area (Å²) in [5.74, 6) is 1.06. The highest BCUT2D eigenvalue weighted by atomic mass is 16.2. The van der Waals surface area contributed by atoms with Crippen LogP contribution in [-0.4, -0.2) is 19.0 Å². The molecule has 98 valence electrons. The first-order chi connectivity index (χ1) is 8.27. The molecule has 3 nitrogen and oxygen atoms in total. The Balaban J connectivity index is 1.65. The molecule has 1 amide bonds. The van der Waals surface area contributed by atoms with Gasteiger partial charge < -0.3 is 11.1 Å². The Morgan fingerprint density at radius 1 is 1.18 bits per heavy atom. The van der Waals surface area contributed by atoms with E-state index in [0.717, 1.165) is 38.1 Å². The van der Waals surface area contributed by atoms with Gasteiger partial charge in [0.15, 0.2) is 0 Å². The number of hydrogen-bond donors (Lipinski definition) is 2. The lowest BCUT2D eigenvalue weighted by Gasteiger charge is -2.39. The third kappa shape index (κ3) is 3.01. The zero-order valence-electron chi connectivity index (χ0n) is 10.8. The van der Waals surface area contributed by atoms with Crippen molar-refractivity contribution in [1.29, 1.82) is 0 Å². The van der Waals surface area contributed by atoms with Crippen molar-refractivity contribution in [3.8, 4) is 0 Å². The van der Waals surface area contributed by atoms with Crippen molar-refractivity contribution in [2.75, 3.05) is 13.1 Å². The molecule has 0 aromatic rings. The third-order valence-corrected chi connectivity index (χ3v) is 4.75. The fourth-order valence-corrected chi connectivity index (χ4v) is 3.18. The van der Waals surface area contributed by atoms with E-state index in [2.05, 4.69) is 5.32 Å². The van der Waals surface area contributed by atoms with Crippen LogP contribution in [0.15, 0.2) is 0 Å². The summed E-state index contributed by atoms with van der Waals surface area (Å²) >= 11 is 0. The van der Waals surface area contributed by atoms with Crippen LogP contribution in [0.4, 0.5) is 0 Å². The van der Waals surface area contributed by atoms with Crippen LogP contribution < -0.4 is 11.1 Å². The third-order valence-electron chi connectivity index (χ3n) is 4.75. The van der Waals surface area contributed by atoms with Gasteiger partial charge in [0.1, 0.15) is 0 Å². The largest absolute Gasteiger partial charge is 0.356 e. The standard InChI is InChI=1S/C14H26N2O/c15-11-14(8-4-9-14)13(17)16-10-7-12-5-2-1-3-6-12/h12H,1-11,15H2,(H,16,17). The van der Waals surface area contributed by atoms with Crippen molar-refractivity contribution in [3.05, 3.63) is 0 Å². The van der Waals surface area contributed by atoms with Crippen LogP contribution in [0.2, 0.25) is 0 Å². The SMILES string of the molecule is NCC1(C(=O)NCCC2CCCCC2)CCC1. The van der Waals surface area contributed by atoms with Gasteiger partial charge >= 0.3 is 0 Å². The molecule has 0 saturated heterocycles. The van der Waals surface area contributed by atoms with Crippen molar-refractivity contribution in [1.82, 2.24) is 5.32 Å². The maximum absolute atomic E-state index is 12.0. The maximum Gasteiger partial charge on any atom is 0.227 e. The van der Waals surface area contributed by atoms with E-state index in [1.54, 1.807) is 0 Å². The van der Waals surface area contributed by atoms with Crippen molar-refractivity contribution in [2.24, 2.45) is 17.1 Å². The lowest BCUT2D eigenvalue weighted by Crippen LogP contribution is -2.50. The van der Waals surface area contributed by atoms with E-state index >= 15 is 0 Å². The highest BCUT2D eigenvalue weighted by Gasteiger charge is 2.42. The van der Waals surface area contributed by atoms with E-state index in [1.807, 2.05) is 0 Å². The van der Waals surface area contributed by atoms with Gasteiger partial charge in [0.2, 0.25) is 5.91 Å². The molecule has 0 aliphatic heterocycles. The Hall–Kier alpha value is -0.570. The predicted octanol–water partition coefficient (Wildman–Crippen LogP) is 2.20. The van der Waals surface area contributed by atoms with Gasteiger partial charge in [-0.2, -0.15) is 0 Å². The molecule has 2 aliphatic carbocycles.